The maximum atomic E-state index is 9.49. The predicted octanol–water partition coefficient (Wildman–Crippen LogP) is 2.23. The number of ether oxygens (including phenoxy) is 1. The molecule has 1 atom stereocenters. The zero-order valence-electron chi connectivity index (χ0n) is 16.4. The second-order valence-electron chi connectivity index (χ2n) is 6.42. The molecular weight excluding hydrogens is 358 g/mol. The van der Waals surface area contributed by atoms with Gasteiger partial charge in [0.1, 0.15) is 5.75 Å². The van der Waals surface area contributed by atoms with Crippen LogP contribution in [0.2, 0.25) is 0 Å². The van der Waals surface area contributed by atoms with Crippen molar-refractivity contribution in [1.29, 1.82) is 0 Å². The van der Waals surface area contributed by atoms with E-state index in [1.54, 1.807) is 13.4 Å². The number of nitrogen functional groups attached to an aromatic ring is 1. The third-order valence-corrected chi connectivity index (χ3v) is 4.67. The maximum absolute atomic E-state index is 9.49. The highest BCUT2D eigenvalue weighted by atomic mass is 16.5. The first-order valence-electron chi connectivity index (χ1n) is 9.36. The Morgan fingerprint density at radius 1 is 1.29 bits per heavy atom. The topological polar surface area (TPSA) is 123 Å². The highest BCUT2D eigenvalue weighted by molar-refractivity contribution is 5.84. The number of anilines is 3. The Kier molecular flexibility index (Phi) is 6.15. The number of nitrogens with zero attached hydrogens (tertiary/aromatic N) is 4. The van der Waals surface area contributed by atoms with Crippen molar-refractivity contribution in [3.05, 3.63) is 30.1 Å². The number of aromatic nitrogens is 4. The molecule has 0 spiro atoms. The first-order valence-corrected chi connectivity index (χ1v) is 9.36. The van der Waals surface area contributed by atoms with Gasteiger partial charge >= 0.3 is 0 Å². The summed E-state index contributed by atoms with van der Waals surface area (Å²) in [6.07, 6.45) is 2.51. The van der Waals surface area contributed by atoms with Crippen LogP contribution in [0, 0.1) is 0 Å². The molecule has 0 radical (unpaired) electrons. The quantitative estimate of drug-likeness (QED) is 0.414. The number of benzene rings is 1. The zero-order valence-corrected chi connectivity index (χ0v) is 16.4. The molecule has 3 aromatic rings. The molecule has 3 rings (SSSR count). The third kappa shape index (κ3) is 3.94. The minimum absolute atomic E-state index is 0.00798. The summed E-state index contributed by atoms with van der Waals surface area (Å²) in [5, 5.41) is 16.0. The number of rotatable bonds is 9. The van der Waals surface area contributed by atoms with Crippen LogP contribution >= 0.6 is 0 Å². The number of fused-ring (bicyclic) bond motifs is 1. The van der Waals surface area contributed by atoms with Gasteiger partial charge in [-0.05, 0) is 25.0 Å². The van der Waals surface area contributed by atoms with Crippen LogP contribution in [0.4, 0.5) is 17.5 Å². The van der Waals surface area contributed by atoms with Gasteiger partial charge in [0.05, 0.1) is 31.8 Å². The Bertz CT molecular complexity index is 937. The molecule has 5 N–H and O–H groups in total. The monoisotopic (exact) mass is 385 g/mol. The summed E-state index contributed by atoms with van der Waals surface area (Å²) in [4.78, 5) is 13.6. The van der Waals surface area contributed by atoms with Crippen LogP contribution in [0.3, 0.4) is 0 Å². The Hall–Kier alpha value is -3.07. The van der Waals surface area contributed by atoms with E-state index in [9.17, 15) is 5.11 Å². The van der Waals surface area contributed by atoms with Crippen LogP contribution in [0.15, 0.2) is 24.5 Å². The molecule has 0 aliphatic heterocycles. The predicted molar refractivity (Wildman–Crippen MR) is 111 cm³/mol. The zero-order chi connectivity index (χ0) is 20.1. The van der Waals surface area contributed by atoms with E-state index in [1.807, 2.05) is 36.6 Å². The number of imidazole rings is 1. The average molecular weight is 385 g/mol. The lowest BCUT2D eigenvalue weighted by Crippen LogP contribution is -2.24. The van der Waals surface area contributed by atoms with Gasteiger partial charge in [0.2, 0.25) is 5.95 Å². The van der Waals surface area contributed by atoms with Crippen LogP contribution in [0.5, 0.6) is 5.75 Å². The molecule has 2 aromatic heterocycles. The smallest absolute Gasteiger partial charge is 0.227 e. The highest BCUT2D eigenvalue weighted by Crippen LogP contribution is 2.27. The van der Waals surface area contributed by atoms with Crippen molar-refractivity contribution in [2.75, 3.05) is 30.1 Å². The molecule has 150 valence electrons. The van der Waals surface area contributed by atoms with Gasteiger partial charge in [-0.3, -0.25) is 0 Å². The van der Waals surface area contributed by atoms with Crippen LogP contribution in [-0.2, 0) is 13.1 Å². The van der Waals surface area contributed by atoms with Crippen LogP contribution in [0.1, 0.15) is 25.8 Å². The lowest BCUT2D eigenvalue weighted by Gasteiger charge is -2.16. The number of methoxy groups -OCH3 is 1. The molecule has 9 nitrogen and oxygen atoms in total. The summed E-state index contributed by atoms with van der Waals surface area (Å²) >= 11 is 0. The first-order chi connectivity index (χ1) is 13.6. The molecule has 1 aromatic carbocycles. The van der Waals surface area contributed by atoms with E-state index in [0.717, 1.165) is 24.2 Å². The Morgan fingerprint density at radius 3 is 2.79 bits per heavy atom. The Labute approximate surface area is 164 Å². The van der Waals surface area contributed by atoms with Gasteiger partial charge in [0, 0.05) is 13.1 Å². The van der Waals surface area contributed by atoms with E-state index in [4.69, 9.17) is 10.5 Å². The Morgan fingerprint density at radius 2 is 2.11 bits per heavy atom. The highest BCUT2D eigenvalue weighted by Gasteiger charge is 2.15. The fraction of sp³-hybridized carbons (Fsp3) is 0.421. The normalized spacial score (nSPS) is 12.1. The van der Waals surface area contributed by atoms with Gasteiger partial charge in [-0.1, -0.05) is 19.1 Å². The van der Waals surface area contributed by atoms with Gasteiger partial charge in [-0.2, -0.15) is 9.97 Å². The number of hydrogen-bond acceptors (Lipinski definition) is 8. The number of aliphatic hydroxyl groups excluding tert-OH is 1. The first kappa shape index (κ1) is 19.7. The van der Waals surface area contributed by atoms with Gasteiger partial charge in [0.25, 0.3) is 0 Å². The van der Waals surface area contributed by atoms with Crippen molar-refractivity contribution >= 4 is 28.6 Å². The van der Waals surface area contributed by atoms with Crippen molar-refractivity contribution in [2.24, 2.45) is 0 Å². The van der Waals surface area contributed by atoms with E-state index in [2.05, 4.69) is 25.6 Å². The fourth-order valence-electron chi connectivity index (χ4n) is 2.92. The van der Waals surface area contributed by atoms with E-state index < -0.39 is 0 Å². The molecule has 0 aliphatic rings. The second kappa shape index (κ2) is 8.75. The number of para-hydroxylation sites is 1. The van der Waals surface area contributed by atoms with Crippen LogP contribution in [0.25, 0.3) is 11.2 Å². The standard InChI is InChI=1S/C19H27N7O2/c1-4-13(10-27)23-19-24-17(16-18(25-19)26(5-2)11-22-16)21-9-12-7-6-8-14(28-3)15(12)20/h6-8,11,13,27H,4-5,9-10,20H2,1-3H3,(H2,21,23,24,25). The summed E-state index contributed by atoms with van der Waals surface area (Å²) in [5.41, 5.74) is 9.08. The van der Waals surface area contributed by atoms with E-state index in [0.29, 0.717) is 35.3 Å². The summed E-state index contributed by atoms with van der Waals surface area (Å²) in [5.74, 6) is 1.69. The number of aryl methyl sites for hydroxylation is 1. The third-order valence-electron chi connectivity index (χ3n) is 4.67. The molecule has 0 bridgehead atoms. The minimum atomic E-state index is -0.114. The number of aliphatic hydroxyl groups is 1. The summed E-state index contributed by atoms with van der Waals surface area (Å²) < 4.78 is 7.24. The van der Waals surface area contributed by atoms with Gasteiger partial charge < -0.3 is 30.8 Å². The van der Waals surface area contributed by atoms with E-state index in [1.165, 1.54) is 0 Å². The molecule has 9 heteroatoms. The second-order valence-corrected chi connectivity index (χ2v) is 6.42. The van der Waals surface area contributed by atoms with Crippen LogP contribution < -0.4 is 21.1 Å². The van der Waals surface area contributed by atoms with E-state index >= 15 is 0 Å². The summed E-state index contributed by atoms with van der Waals surface area (Å²) in [7, 11) is 1.59. The minimum Gasteiger partial charge on any atom is -0.495 e. The summed E-state index contributed by atoms with van der Waals surface area (Å²) in [6.45, 7) is 5.24. The fourth-order valence-corrected chi connectivity index (χ4v) is 2.92. The maximum Gasteiger partial charge on any atom is 0.227 e. The largest absolute Gasteiger partial charge is 0.495 e. The molecule has 0 aliphatic carbocycles. The van der Waals surface area contributed by atoms with E-state index in [-0.39, 0.29) is 12.6 Å². The van der Waals surface area contributed by atoms with Crippen molar-refractivity contribution in [3.63, 3.8) is 0 Å². The summed E-state index contributed by atoms with van der Waals surface area (Å²) in [6, 6.07) is 5.55. The van der Waals surface area contributed by atoms with Crippen molar-refractivity contribution in [1.82, 2.24) is 19.5 Å². The Balaban J connectivity index is 1.94. The van der Waals surface area contributed by atoms with Gasteiger partial charge in [-0.15, -0.1) is 0 Å². The molecule has 0 amide bonds. The number of nitrogens with one attached hydrogen (secondary N) is 2. The van der Waals surface area contributed by atoms with Crippen molar-refractivity contribution in [3.8, 4) is 5.75 Å². The van der Waals surface area contributed by atoms with Crippen molar-refractivity contribution in [2.45, 2.75) is 39.4 Å². The van der Waals surface area contributed by atoms with Gasteiger partial charge in [-0.25, -0.2) is 4.98 Å². The SMILES string of the molecule is CCC(CO)Nc1nc(NCc2cccc(OC)c2N)c2ncn(CC)c2n1. The number of hydrogen-bond donors (Lipinski definition) is 4. The van der Waals surface area contributed by atoms with Crippen molar-refractivity contribution < 1.29 is 9.84 Å². The number of nitrogens with two attached hydrogens (primary N) is 1. The molecule has 28 heavy (non-hydrogen) atoms. The molecular formula is C19H27N7O2. The molecule has 0 saturated carbocycles. The average Bonchev–Trinajstić information content (AvgIpc) is 3.14. The lowest BCUT2D eigenvalue weighted by atomic mass is 10.1. The molecule has 0 saturated heterocycles. The van der Waals surface area contributed by atoms with Gasteiger partial charge in [0.15, 0.2) is 17.0 Å². The molecule has 1 unspecified atom stereocenters. The molecule has 0 fully saturated rings. The van der Waals surface area contributed by atoms with Crippen LogP contribution in [-0.4, -0.2) is 44.4 Å². The lowest BCUT2D eigenvalue weighted by molar-refractivity contribution is 0.271. The molecule has 2 heterocycles.